The number of thiazole rings is 1. The van der Waals surface area contributed by atoms with E-state index in [0.717, 1.165) is 40.3 Å². The van der Waals surface area contributed by atoms with Gasteiger partial charge in [-0.1, -0.05) is 77.8 Å². The first-order chi connectivity index (χ1) is 14.1. The predicted molar refractivity (Wildman–Crippen MR) is 124 cm³/mol. The molecule has 0 amide bonds. The smallest absolute Gasteiger partial charge is 0.190 e. The summed E-state index contributed by atoms with van der Waals surface area (Å²) in [4.78, 5) is 5.93. The van der Waals surface area contributed by atoms with Gasteiger partial charge in [0.15, 0.2) is 4.80 Å². The number of hydrogen-bond donors (Lipinski definition) is 0. The van der Waals surface area contributed by atoms with Crippen LogP contribution in [0.4, 0.5) is 5.69 Å². The van der Waals surface area contributed by atoms with Crippen LogP contribution in [0.3, 0.4) is 0 Å². The Kier molecular flexibility index (Phi) is 6.19. The quantitative estimate of drug-likeness (QED) is 0.310. The fourth-order valence-corrected chi connectivity index (χ4v) is 4.44. The molecule has 2 nitrogen and oxygen atoms in total. The topological polar surface area (TPSA) is 17.3 Å². The lowest BCUT2D eigenvalue weighted by Gasteiger charge is -2.10. The maximum absolute atomic E-state index is 6.29. The second kappa shape index (κ2) is 9.00. The molecule has 0 unspecified atom stereocenters. The summed E-state index contributed by atoms with van der Waals surface area (Å²) in [5.41, 5.74) is 5.58. The number of hydrogen-bond acceptors (Lipinski definition) is 2. The number of rotatable bonds is 5. The van der Waals surface area contributed by atoms with Crippen LogP contribution in [0.2, 0.25) is 10.0 Å². The van der Waals surface area contributed by atoms with E-state index in [2.05, 4.69) is 53.3 Å². The summed E-state index contributed by atoms with van der Waals surface area (Å²) in [5.74, 6) is 0. The van der Waals surface area contributed by atoms with Gasteiger partial charge in [-0.3, -0.25) is 0 Å². The Hall–Kier alpha value is -2.33. The molecule has 0 aliphatic heterocycles. The minimum absolute atomic E-state index is 0.558. The predicted octanol–water partition coefficient (Wildman–Crippen LogP) is 7.31. The zero-order valence-corrected chi connectivity index (χ0v) is 18.3. The molecule has 0 aliphatic rings. The summed E-state index contributed by atoms with van der Waals surface area (Å²) in [6.45, 7) is 2.91. The largest absolute Gasteiger partial charge is 0.316 e. The van der Waals surface area contributed by atoms with Crippen molar-refractivity contribution in [2.75, 3.05) is 0 Å². The minimum atomic E-state index is 0.558. The van der Waals surface area contributed by atoms with Gasteiger partial charge in [0.25, 0.3) is 0 Å². The van der Waals surface area contributed by atoms with Gasteiger partial charge in [0.05, 0.1) is 21.4 Å². The van der Waals surface area contributed by atoms with E-state index < -0.39 is 0 Å². The molecule has 5 heteroatoms. The number of para-hydroxylation sites is 1. The van der Waals surface area contributed by atoms with Crippen molar-refractivity contribution in [2.24, 2.45) is 4.99 Å². The average molecular weight is 439 g/mol. The molecule has 0 spiro atoms. The van der Waals surface area contributed by atoms with Crippen LogP contribution < -0.4 is 4.80 Å². The van der Waals surface area contributed by atoms with Gasteiger partial charge in [-0.25, -0.2) is 4.99 Å². The summed E-state index contributed by atoms with van der Waals surface area (Å²) < 4.78 is 2.27. The van der Waals surface area contributed by atoms with Crippen LogP contribution in [0, 0.1) is 6.92 Å². The van der Waals surface area contributed by atoms with Gasteiger partial charge < -0.3 is 4.57 Å². The van der Waals surface area contributed by atoms with Crippen molar-refractivity contribution in [1.29, 1.82) is 0 Å². The van der Waals surface area contributed by atoms with Crippen molar-refractivity contribution < 1.29 is 0 Å². The molecule has 0 saturated heterocycles. The highest BCUT2D eigenvalue weighted by atomic mass is 35.5. The number of nitrogens with zero attached hydrogens (tertiary/aromatic N) is 2. The fraction of sp³-hybridized carbons (Fsp3) is 0.125. The van der Waals surface area contributed by atoms with Crippen LogP contribution in [-0.2, 0) is 13.0 Å². The first kappa shape index (κ1) is 20.0. The normalized spacial score (nSPS) is 11.8. The first-order valence-corrected chi connectivity index (χ1v) is 11.0. The molecule has 146 valence electrons. The summed E-state index contributed by atoms with van der Waals surface area (Å²) >= 11 is 14.0. The maximum atomic E-state index is 6.29. The van der Waals surface area contributed by atoms with Gasteiger partial charge in [-0.05, 0) is 42.7 Å². The van der Waals surface area contributed by atoms with E-state index in [0.29, 0.717) is 10.0 Å². The first-order valence-electron chi connectivity index (χ1n) is 9.40. The third-order valence-corrected chi connectivity index (χ3v) is 6.41. The second-order valence-electron chi connectivity index (χ2n) is 6.82. The molecular formula is C24H20Cl2N2S. The zero-order chi connectivity index (χ0) is 20.2. The monoisotopic (exact) mass is 438 g/mol. The van der Waals surface area contributed by atoms with Crippen LogP contribution in [0.1, 0.15) is 11.1 Å². The van der Waals surface area contributed by atoms with Crippen molar-refractivity contribution in [3.8, 4) is 11.3 Å². The van der Waals surface area contributed by atoms with Crippen LogP contribution in [-0.4, -0.2) is 4.57 Å². The summed E-state index contributed by atoms with van der Waals surface area (Å²) in [6.07, 6.45) is 0.923. The summed E-state index contributed by atoms with van der Waals surface area (Å²) in [6, 6.07) is 24.5. The second-order valence-corrected chi connectivity index (χ2v) is 8.47. The molecule has 1 aromatic heterocycles. The molecule has 0 bridgehead atoms. The molecule has 0 N–H and O–H groups in total. The SMILES string of the molecule is Cc1ccccc1N=c1scc(-c2ccc(Cl)c(Cl)c2)n1CCc1ccccc1. The van der Waals surface area contributed by atoms with Crippen LogP contribution in [0.15, 0.2) is 83.2 Å². The highest BCUT2D eigenvalue weighted by Gasteiger charge is 2.11. The third kappa shape index (κ3) is 4.64. The zero-order valence-electron chi connectivity index (χ0n) is 16.0. The maximum Gasteiger partial charge on any atom is 0.190 e. The third-order valence-electron chi connectivity index (χ3n) is 4.81. The standard InChI is InChI=1S/C24H20Cl2N2S/c1-17-7-5-6-10-22(17)27-24-28(14-13-18-8-3-2-4-9-18)23(16-29-24)19-11-12-20(25)21(26)15-19/h2-12,15-16H,13-14H2,1H3. The van der Waals surface area contributed by atoms with E-state index in [4.69, 9.17) is 28.2 Å². The molecule has 0 radical (unpaired) electrons. The average Bonchev–Trinajstić information content (AvgIpc) is 3.13. The van der Waals surface area contributed by atoms with E-state index >= 15 is 0 Å². The van der Waals surface area contributed by atoms with Crippen LogP contribution in [0.5, 0.6) is 0 Å². The molecule has 4 aromatic rings. The Morgan fingerprint density at radius 2 is 1.66 bits per heavy atom. The van der Waals surface area contributed by atoms with Gasteiger partial charge >= 0.3 is 0 Å². The number of benzene rings is 3. The Morgan fingerprint density at radius 1 is 0.897 bits per heavy atom. The Bertz CT molecular complexity index is 1190. The van der Waals surface area contributed by atoms with Crippen molar-refractivity contribution >= 4 is 40.2 Å². The van der Waals surface area contributed by atoms with Gasteiger partial charge in [-0.2, -0.15) is 0 Å². The molecule has 0 atom stereocenters. The summed E-state index contributed by atoms with van der Waals surface area (Å²) in [5, 5.41) is 3.26. The molecular weight excluding hydrogens is 419 g/mol. The van der Waals surface area contributed by atoms with Gasteiger partial charge in [0, 0.05) is 17.5 Å². The van der Waals surface area contributed by atoms with Gasteiger partial charge in [0.1, 0.15) is 0 Å². The lowest BCUT2D eigenvalue weighted by molar-refractivity contribution is 0.684. The van der Waals surface area contributed by atoms with Gasteiger partial charge in [-0.15, -0.1) is 11.3 Å². The van der Waals surface area contributed by atoms with Crippen LogP contribution in [0.25, 0.3) is 11.3 Å². The Balaban J connectivity index is 1.80. The minimum Gasteiger partial charge on any atom is -0.316 e. The molecule has 0 fully saturated rings. The molecule has 3 aromatic carbocycles. The van der Waals surface area contributed by atoms with Crippen LogP contribution >= 0.6 is 34.5 Å². The lowest BCUT2D eigenvalue weighted by atomic mass is 10.1. The Morgan fingerprint density at radius 3 is 2.41 bits per heavy atom. The van der Waals surface area contributed by atoms with Crippen molar-refractivity contribution in [3.63, 3.8) is 0 Å². The lowest BCUT2D eigenvalue weighted by Crippen LogP contribution is -2.17. The van der Waals surface area contributed by atoms with E-state index in [-0.39, 0.29) is 0 Å². The van der Waals surface area contributed by atoms with Crippen molar-refractivity contribution in [1.82, 2.24) is 4.57 Å². The number of aryl methyl sites for hydroxylation is 2. The van der Waals surface area contributed by atoms with E-state index in [9.17, 15) is 0 Å². The number of aromatic nitrogens is 1. The van der Waals surface area contributed by atoms with Crippen molar-refractivity contribution in [3.05, 3.63) is 104 Å². The van der Waals surface area contributed by atoms with E-state index in [1.807, 2.05) is 36.4 Å². The molecule has 0 aliphatic carbocycles. The van der Waals surface area contributed by atoms with Crippen molar-refractivity contribution in [2.45, 2.75) is 19.9 Å². The highest BCUT2D eigenvalue weighted by molar-refractivity contribution is 7.07. The molecule has 29 heavy (non-hydrogen) atoms. The van der Waals surface area contributed by atoms with Gasteiger partial charge in [0.2, 0.25) is 0 Å². The summed E-state index contributed by atoms with van der Waals surface area (Å²) in [7, 11) is 0. The fourth-order valence-electron chi connectivity index (χ4n) is 3.20. The molecule has 4 rings (SSSR count). The Labute approximate surface area is 184 Å². The molecule has 0 saturated carbocycles. The molecule has 1 heterocycles. The number of halogens is 2. The van der Waals surface area contributed by atoms with E-state index in [1.54, 1.807) is 11.3 Å². The highest BCUT2D eigenvalue weighted by Crippen LogP contribution is 2.29. The van der Waals surface area contributed by atoms with E-state index in [1.165, 1.54) is 5.56 Å².